The van der Waals surface area contributed by atoms with E-state index in [0.717, 1.165) is 19.5 Å². The third-order valence-corrected chi connectivity index (χ3v) is 8.64. The molecule has 0 bridgehead atoms. The van der Waals surface area contributed by atoms with Gasteiger partial charge in [0.1, 0.15) is 10.7 Å². The van der Waals surface area contributed by atoms with Gasteiger partial charge in [-0.05, 0) is 49.2 Å². The summed E-state index contributed by atoms with van der Waals surface area (Å²) in [6, 6.07) is 11.0. The van der Waals surface area contributed by atoms with Gasteiger partial charge in [0, 0.05) is 11.4 Å². The summed E-state index contributed by atoms with van der Waals surface area (Å²) in [5.41, 5.74) is 4.81. The number of sulfone groups is 1. The summed E-state index contributed by atoms with van der Waals surface area (Å²) in [7, 11) is -3.89. The zero-order chi connectivity index (χ0) is 24.3. The molecule has 34 heavy (non-hydrogen) atoms. The number of nitrogens with zero attached hydrogens (tertiary/aromatic N) is 2. The number of likely N-dealkylation sites (tertiary alicyclic amines) is 1. The molecule has 1 saturated heterocycles. The molecule has 0 spiro atoms. The van der Waals surface area contributed by atoms with Crippen LogP contribution in [0.5, 0.6) is 0 Å². The highest BCUT2D eigenvalue weighted by atomic mass is 35.5. The van der Waals surface area contributed by atoms with Crippen molar-refractivity contribution < 1.29 is 22.7 Å². The SMILES string of the molecule is O=CO.O=S(=O)(Cc1cscn1)c1cc(Cl)c(N[C@@H]2C[C@H](N3CCC3)c3ccccc32)cc1F. The van der Waals surface area contributed by atoms with Gasteiger partial charge in [0.15, 0.2) is 9.84 Å². The minimum Gasteiger partial charge on any atom is -0.483 e. The third-order valence-electron chi connectivity index (χ3n) is 6.03. The number of fused-ring (bicyclic) bond motifs is 1. The van der Waals surface area contributed by atoms with Gasteiger partial charge in [-0.3, -0.25) is 9.69 Å². The number of rotatable bonds is 6. The van der Waals surface area contributed by atoms with E-state index >= 15 is 0 Å². The largest absolute Gasteiger partial charge is 0.483 e. The van der Waals surface area contributed by atoms with E-state index in [1.54, 1.807) is 10.9 Å². The van der Waals surface area contributed by atoms with Crippen molar-refractivity contribution in [3.63, 3.8) is 0 Å². The first-order chi connectivity index (χ1) is 16.3. The standard InChI is InChI=1S/C22H21ClFN3O2S2.CH2O2/c23-17-8-22(31(28,29)12-14-11-30-13-25-14)18(24)9-20(17)26-19-10-21(27-6-3-7-27)16-5-2-1-4-15(16)19;2-1-3/h1-2,4-5,8-9,11,13,19,21,26H,3,6-7,10,12H2;1H,(H,2,3)/t19-,21+;/m1./s1. The fourth-order valence-electron chi connectivity index (χ4n) is 4.39. The lowest BCUT2D eigenvalue weighted by Gasteiger charge is -2.37. The van der Waals surface area contributed by atoms with Crippen LogP contribution < -0.4 is 5.32 Å². The summed E-state index contributed by atoms with van der Waals surface area (Å²) in [6.45, 7) is 1.93. The summed E-state index contributed by atoms with van der Waals surface area (Å²) in [5, 5.41) is 12.1. The molecular weight excluding hydrogens is 501 g/mol. The molecule has 11 heteroatoms. The Morgan fingerprint density at radius 2 is 1.97 bits per heavy atom. The highest BCUT2D eigenvalue weighted by Gasteiger charge is 2.36. The van der Waals surface area contributed by atoms with Gasteiger partial charge in [0.2, 0.25) is 0 Å². The molecule has 2 atom stereocenters. The van der Waals surface area contributed by atoms with Crippen molar-refractivity contribution in [2.45, 2.75) is 35.6 Å². The first-order valence-corrected chi connectivity index (χ1v) is 13.6. The Hall–Kier alpha value is -2.53. The number of halogens is 2. The number of aromatic nitrogens is 1. The van der Waals surface area contributed by atoms with Gasteiger partial charge >= 0.3 is 0 Å². The van der Waals surface area contributed by atoms with Gasteiger partial charge in [0.05, 0.1) is 33.7 Å². The topological polar surface area (TPSA) is 99.6 Å². The number of anilines is 1. The van der Waals surface area contributed by atoms with E-state index in [0.29, 0.717) is 17.4 Å². The van der Waals surface area contributed by atoms with Gasteiger partial charge in [0.25, 0.3) is 6.47 Å². The second-order valence-electron chi connectivity index (χ2n) is 8.07. The molecule has 7 nitrogen and oxygen atoms in total. The second kappa shape index (κ2) is 10.4. The number of hydrogen-bond donors (Lipinski definition) is 2. The molecule has 1 aliphatic heterocycles. The maximum absolute atomic E-state index is 14.9. The Kier molecular flexibility index (Phi) is 7.51. The smallest absolute Gasteiger partial charge is 0.290 e. The molecule has 0 amide bonds. The van der Waals surface area contributed by atoms with E-state index in [9.17, 15) is 12.8 Å². The Balaban J connectivity index is 0.000000868. The molecule has 2 heterocycles. The summed E-state index contributed by atoms with van der Waals surface area (Å²) in [5.74, 6) is -1.17. The molecule has 5 rings (SSSR count). The van der Waals surface area contributed by atoms with Crippen molar-refractivity contribution >= 4 is 44.9 Å². The average Bonchev–Trinajstić information content (AvgIpc) is 3.38. The van der Waals surface area contributed by atoms with Crippen molar-refractivity contribution in [2.75, 3.05) is 18.4 Å². The monoisotopic (exact) mass is 523 g/mol. The lowest BCUT2D eigenvalue weighted by Crippen LogP contribution is -2.39. The molecular formula is C23H23ClFN3O4S2. The van der Waals surface area contributed by atoms with Gasteiger partial charge < -0.3 is 10.4 Å². The van der Waals surface area contributed by atoms with Crippen LogP contribution in [-0.4, -0.2) is 43.0 Å². The van der Waals surface area contributed by atoms with E-state index in [1.165, 1.54) is 41.0 Å². The predicted octanol–water partition coefficient (Wildman–Crippen LogP) is 4.91. The fourth-order valence-corrected chi connectivity index (χ4v) is 6.69. The highest BCUT2D eigenvalue weighted by Crippen LogP contribution is 2.46. The zero-order valence-corrected chi connectivity index (χ0v) is 20.4. The molecule has 0 unspecified atom stereocenters. The minimum atomic E-state index is -3.89. The van der Waals surface area contributed by atoms with Crippen LogP contribution in [0.4, 0.5) is 10.1 Å². The fraction of sp³-hybridized carbons (Fsp3) is 0.304. The third kappa shape index (κ3) is 5.10. The zero-order valence-electron chi connectivity index (χ0n) is 18.0. The quantitative estimate of drug-likeness (QED) is 0.443. The van der Waals surface area contributed by atoms with Crippen LogP contribution in [-0.2, 0) is 20.4 Å². The molecule has 0 radical (unpaired) electrons. The summed E-state index contributed by atoms with van der Waals surface area (Å²) in [6.07, 6.45) is 2.08. The second-order valence-corrected chi connectivity index (χ2v) is 11.2. The maximum Gasteiger partial charge on any atom is 0.290 e. The van der Waals surface area contributed by atoms with E-state index in [-0.39, 0.29) is 23.3 Å². The normalized spacial score (nSPS) is 19.5. The van der Waals surface area contributed by atoms with Crippen LogP contribution in [0.1, 0.15) is 41.7 Å². The molecule has 1 aromatic heterocycles. The molecule has 3 aromatic rings. The van der Waals surface area contributed by atoms with Gasteiger partial charge in [-0.15, -0.1) is 11.3 Å². The number of carboxylic acid groups (broad SMARTS) is 1. The first kappa shape index (κ1) is 24.6. The molecule has 2 aliphatic rings. The van der Waals surface area contributed by atoms with Gasteiger partial charge in [-0.1, -0.05) is 35.9 Å². The Bertz CT molecular complexity index is 1270. The lowest BCUT2D eigenvalue weighted by atomic mass is 10.0. The van der Waals surface area contributed by atoms with E-state index in [1.807, 2.05) is 12.1 Å². The van der Waals surface area contributed by atoms with Crippen LogP contribution in [0, 0.1) is 5.82 Å². The minimum absolute atomic E-state index is 0.0174. The molecule has 0 saturated carbocycles. The van der Waals surface area contributed by atoms with Crippen molar-refractivity contribution in [1.29, 1.82) is 0 Å². The molecule has 180 valence electrons. The Morgan fingerprint density at radius 1 is 1.26 bits per heavy atom. The van der Waals surface area contributed by atoms with Crippen LogP contribution in [0.3, 0.4) is 0 Å². The predicted molar refractivity (Wildman–Crippen MR) is 129 cm³/mol. The average molecular weight is 524 g/mol. The Morgan fingerprint density at radius 3 is 2.59 bits per heavy atom. The molecule has 2 N–H and O–H groups in total. The van der Waals surface area contributed by atoms with Crippen molar-refractivity contribution in [3.05, 3.63) is 74.9 Å². The number of benzene rings is 2. The highest BCUT2D eigenvalue weighted by molar-refractivity contribution is 7.90. The van der Waals surface area contributed by atoms with E-state index < -0.39 is 20.5 Å². The number of nitrogens with one attached hydrogen (secondary N) is 1. The number of thiazole rings is 1. The summed E-state index contributed by atoms with van der Waals surface area (Å²) >= 11 is 7.71. The van der Waals surface area contributed by atoms with Gasteiger partial charge in [-0.2, -0.15) is 0 Å². The Labute approximate surface area is 206 Å². The van der Waals surface area contributed by atoms with E-state index in [4.69, 9.17) is 21.5 Å². The maximum atomic E-state index is 14.9. The van der Waals surface area contributed by atoms with Crippen LogP contribution in [0.15, 0.2) is 52.2 Å². The molecule has 2 aromatic carbocycles. The van der Waals surface area contributed by atoms with Crippen LogP contribution >= 0.6 is 22.9 Å². The summed E-state index contributed by atoms with van der Waals surface area (Å²) < 4.78 is 40.3. The number of carbonyl (C=O) groups is 1. The van der Waals surface area contributed by atoms with Gasteiger partial charge in [-0.25, -0.2) is 17.8 Å². The lowest BCUT2D eigenvalue weighted by molar-refractivity contribution is -0.122. The summed E-state index contributed by atoms with van der Waals surface area (Å²) in [4.78, 5) is 14.4. The van der Waals surface area contributed by atoms with Crippen molar-refractivity contribution in [1.82, 2.24) is 9.88 Å². The first-order valence-electron chi connectivity index (χ1n) is 10.6. The van der Waals surface area contributed by atoms with E-state index in [2.05, 4.69) is 27.3 Å². The number of hydrogen-bond acceptors (Lipinski definition) is 7. The van der Waals surface area contributed by atoms with Crippen molar-refractivity contribution in [3.8, 4) is 0 Å². The molecule has 1 fully saturated rings. The molecule has 1 aliphatic carbocycles. The van der Waals surface area contributed by atoms with Crippen molar-refractivity contribution in [2.24, 2.45) is 0 Å². The van der Waals surface area contributed by atoms with Crippen LogP contribution in [0.2, 0.25) is 5.02 Å². The van der Waals surface area contributed by atoms with Crippen LogP contribution in [0.25, 0.3) is 0 Å².